The number of hydrogen-bond acceptors (Lipinski definition) is 5. The molecule has 9 nitrogen and oxygen atoms in total. The molecule has 0 saturated carbocycles. The first-order valence-electron chi connectivity index (χ1n) is 15.2. The SMILES string of the molecule is CCCCCCCN(C(=O)C(CCC(N)=O)NC(=O)OC(C)(C)C)C(C(=O)NCCCCC)c1ccc(C)cc1C. The minimum atomic E-state index is -1.09. The van der Waals surface area contributed by atoms with E-state index in [1.54, 1.807) is 25.7 Å². The fraction of sp³-hybridized carbons (Fsp3) is 0.688. The molecule has 9 heteroatoms. The van der Waals surface area contributed by atoms with E-state index >= 15 is 0 Å². The Balaban J connectivity index is 3.52. The molecule has 1 aromatic carbocycles. The highest BCUT2D eigenvalue weighted by atomic mass is 16.6. The molecule has 1 rings (SSSR count). The zero-order chi connectivity index (χ0) is 31.0. The van der Waals surface area contributed by atoms with Crippen molar-refractivity contribution in [2.75, 3.05) is 13.1 Å². The summed E-state index contributed by atoms with van der Waals surface area (Å²) in [4.78, 5) is 54.1. The second-order valence-corrected chi connectivity index (χ2v) is 11.9. The first kappa shape index (κ1) is 35.9. The van der Waals surface area contributed by atoms with Crippen LogP contribution < -0.4 is 16.4 Å². The number of amides is 4. The molecule has 4 amide bonds. The number of nitrogens with two attached hydrogens (primary N) is 1. The van der Waals surface area contributed by atoms with Crippen LogP contribution in [0, 0.1) is 13.8 Å². The van der Waals surface area contributed by atoms with E-state index in [2.05, 4.69) is 24.5 Å². The minimum absolute atomic E-state index is 0.00252. The standard InChI is InChI=1S/C32H54N4O5/c1-8-10-12-13-15-21-36(30(39)26(18-19-27(33)37)35-31(40)41-32(5,6)7)28(29(38)34-20-14-11-9-2)25-17-16-23(3)22-24(25)4/h16-17,22,26,28H,8-15,18-21H2,1-7H3,(H2,33,37)(H,34,38)(H,35,40). The van der Waals surface area contributed by atoms with E-state index in [1.165, 1.54) is 0 Å². The van der Waals surface area contributed by atoms with Gasteiger partial charge in [-0.25, -0.2) is 4.79 Å². The number of primary amides is 1. The quantitative estimate of drug-likeness (QED) is 0.196. The molecule has 41 heavy (non-hydrogen) atoms. The summed E-state index contributed by atoms with van der Waals surface area (Å²) in [6.45, 7) is 14.2. The van der Waals surface area contributed by atoms with Gasteiger partial charge >= 0.3 is 6.09 Å². The predicted octanol–water partition coefficient (Wildman–Crippen LogP) is 5.61. The maximum atomic E-state index is 14.3. The Bertz CT molecular complexity index is 989. The highest BCUT2D eigenvalue weighted by molar-refractivity contribution is 5.92. The van der Waals surface area contributed by atoms with Crippen molar-refractivity contribution in [1.29, 1.82) is 0 Å². The molecule has 0 saturated heterocycles. The number of benzene rings is 1. The molecule has 0 aliphatic heterocycles. The number of carbonyl (C=O) groups is 4. The lowest BCUT2D eigenvalue weighted by atomic mass is 9.95. The maximum Gasteiger partial charge on any atom is 0.408 e. The Kier molecular flexibility index (Phi) is 16.1. The van der Waals surface area contributed by atoms with E-state index in [4.69, 9.17) is 10.5 Å². The second kappa shape index (κ2) is 18.4. The molecule has 0 fully saturated rings. The fourth-order valence-electron chi connectivity index (χ4n) is 4.71. The number of ether oxygens (including phenoxy) is 1. The predicted molar refractivity (Wildman–Crippen MR) is 163 cm³/mol. The molecular weight excluding hydrogens is 520 g/mol. The molecule has 1 aromatic rings. The molecule has 4 N–H and O–H groups in total. The average molecular weight is 575 g/mol. The van der Waals surface area contributed by atoms with Crippen molar-refractivity contribution >= 4 is 23.8 Å². The van der Waals surface area contributed by atoms with Crippen LogP contribution in [0.25, 0.3) is 0 Å². The Labute approximate surface area is 247 Å². The van der Waals surface area contributed by atoms with Crippen LogP contribution in [0.4, 0.5) is 4.79 Å². The molecule has 2 atom stereocenters. The van der Waals surface area contributed by atoms with Gasteiger partial charge < -0.3 is 26.0 Å². The van der Waals surface area contributed by atoms with Gasteiger partial charge in [-0.15, -0.1) is 0 Å². The van der Waals surface area contributed by atoms with Crippen LogP contribution >= 0.6 is 0 Å². The Hall–Kier alpha value is -3.10. The third kappa shape index (κ3) is 13.9. The van der Waals surface area contributed by atoms with Crippen molar-refractivity contribution in [2.45, 2.75) is 130 Å². The maximum absolute atomic E-state index is 14.3. The van der Waals surface area contributed by atoms with Gasteiger partial charge in [-0.05, 0) is 65.0 Å². The van der Waals surface area contributed by atoms with Gasteiger partial charge in [0.2, 0.25) is 17.7 Å². The van der Waals surface area contributed by atoms with Gasteiger partial charge in [0.25, 0.3) is 0 Å². The number of hydrogen-bond donors (Lipinski definition) is 3. The number of rotatable bonds is 18. The van der Waals surface area contributed by atoms with Crippen molar-refractivity contribution in [1.82, 2.24) is 15.5 Å². The summed E-state index contributed by atoms with van der Waals surface area (Å²) in [6, 6.07) is 3.85. The molecular formula is C32H54N4O5. The van der Waals surface area contributed by atoms with Gasteiger partial charge in [-0.2, -0.15) is 0 Å². The molecule has 232 valence electrons. The monoisotopic (exact) mass is 574 g/mol. The van der Waals surface area contributed by atoms with Crippen LogP contribution in [-0.2, 0) is 19.1 Å². The van der Waals surface area contributed by atoms with Crippen LogP contribution in [0.5, 0.6) is 0 Å². The van der Waals surface area contributed by atoms with Crippen LogP contribution in [0.1, 0.15) is 122 Å². The van der Waals surface area contributed by atoms with Crippen LogP contribution in [0.2, 0.25) is 0 Å². The third-order valence-corrected chi connectivity index (χ3v) is 6.81. The molecule has 0 heterocycles. The summed E-state index contributed by atoms with van der Waals surface area (Å²) in [7, 11) is 0. The van der Waals surface area contributed by atoms with E-state index in [1.807, 2.05) is 32.0 Å². The van der Waals surface area contributed by atoms with Gasteiger partial charge in [0.05, 0.1) is 0 Å². The van der Waals surface area contributed by atoms with Crippen LogP contribution in [0.3, 0.4) is 0 Å². The van der Waals surface area contributed by atoms with Gasteiger partial charge in [0.15, 0.2) is 0 Å². The largest absolute Gasteiger partial charge is 0.444 e. The lowest BCUT2D eigenvalue weighted by molar-refractivity contribution is -0.142. The first-order valence-corrected chi connectivity index (χ1v) is 15.2. The summed E-state index contributed by atoms with van der Waals surface area (Å²) in [5.74, 6) is -1.29. The molecule has 0 radical (unpaired) electrons. The summed E-state index contributed by atoms with van der Waals surface area (Å²) < 4.78 is 5.42. The van der Waals surface area contributed by atoms with E-state index in [9.17, 15) is 19.2 Å². The summed E-state index contributed by atoms with van der Waals surface area (Å²) in [5.41, 5.74) is 7.32. The number of aryl methyl sites for hydroxylation is 2. The van der Waals surface area contributed by atoms with Crippen molar-refractivity contribution in [3.05, 3.63) is 34.9 Å². The smallest absolute Gasteiger partial charge is 0.408 e. The van der Waals surface area contributed by atoms with Crippen molar-refractivity contribution < 1.29 is 23.9 Å². The van der Waals surface area contributed by atoms with E-state index in [-0.39, 0.29) is 18.7 Å². The van der Waals surface area contributed by atoms with E-state index < -0.39 is 35.6 Å². The summed E-state index contributed by atoms with van der Waals surface area (Å²) >= 11 is 0. The van der Waals surface area contributed by atoms with E-state index in [0.29, 0.717) is 19.5 Å². The van der Waals surface area contributed by atoms with Crippen LogP contribution in [-0.4, -0.2) is 53.4 Å². The Morgan fingerprint density at radius 3 is 2.17 bits per heavy atom. The zero-order valence-electron chi connectivity index (χ0n) is 26.4. The lowest BCUT2D eigenvalue weighted by Crippen LogP contribution is -2.53. The Morgan fingerprint density at radius 2 is 1.59 bits per heavy atom. The molecule has 0 aromatic heterocycles. The molecule has 0 bridgehead atoms. The number of unbranched alkanes of at least 4 members (excludes halogenated alkanes) is 6. The molecule has 0 spiro atoms. The second-order valence-electron chi connectivity index (χ2n) is 11.9. The molecule has 0 aliphatic carbocycles. The first-order chi connectivity index (χ1) is 19.3. The van der Waals surface area contributed by atoms with E-state index in [0.717, 1.165) is 61.6 Å². The van der Waals surface area contributed by atoms with Crippen LogP contribution in [0.15, 0.2) is 18.2 Å². The summed E-state index contributed by atoms with van der Waals surface area (Å²) in [5, 5.41) is 5.70. The van der Waals surface area contributed by atoms with Gasteiger partial charge in [0.1, 0.15) is 17.7 Å². The number of nitrogens with one attached hydrogen (secondary N) is 2. The number of nitrogens with zero attached hydrogens (tertiary/aromatic N) is 1. The normalized spacial score (nSPS) is 12.8. The third-order valence-electron chi connectivity index (χ3n) is 6.81. The summed E-state index contributed by atoms with van der Waals surface area (Å²) in [6.07, 6.45) is 6.79. The van der Waals surface area contributed by atoms with Crippen molar-refractivity contribution in [3.63, 3.8) is 0 Å². The molecule has 2 unspecified atom stereocenters. The average Bonchev–Trinajstić information content (AvgIpc) is 2.87. The lowest BCUT2D eigenvalue weighted by Gasteiger charge is -2.35. The number of carbonyl (C=O) groups excluding carboxylic acids is 4. The minimum Gasteiger partial charge on any atom is -0.444 e. The highest BCUT2D eigenvalue weighted by Crippen LogP contribution is 2.28. The van der Waals surface area contributed by atoms with Gasteiger partial charge in [-0.3, -0.25) is 14.4 Å². The molecule has 0 aliphatic rings. The zero-order valence-corrected chi connectivity index (χ0v) is 26.4. The Morgan fingerprint density at radius 1 is 0.951 bits per heavy atom. The van der Waals surface area contributed by atoms with Gasteiger partial charge in [0, 0.05) is 19.5 Å². The fourth-order valence-corrected chi connectivity index (χ4v) is 4.71. The number of alkyl carbamates (subject to hydrolysis) is 1. The highest BCUT2D eigenvalue weighted by Gasteiger charge is 2.36. The van der Waals surface area contributed by atoms with Crippen molar-refractivity contribution in [3.8, 4) is 0 Å². The topological polar surface area (TPSA) is 131 Å². The van der Waals surface area contributed by atoms with Crippen molar-refractivity contribution in [2.24, 2.45) is 5.73 Å². The van der Waals surface area contributed by atoms with Gasteiger partial charge in [-0.1, -0.05) is 76.1 Å².